The zero-order valence-corrected chi connectivity index (χ0v) is 12.6. The lowest BCUT2D eigenvalue weighted by Gasteiger charge is -2.32. The average molecular weight is 291 g/mol. The van der Waals surface area contributed by atoms with E-state index in [9.17, 15) is 14.7 Å². The number of methoxy groups -OCH3 is 1. The van der Waals surface area contributed by atoms with Gasteiger partial charge in [0.2, 0.25) is 5.91 Å². The second-order valence-corrected chi connectivity index (χ2v) is 5.43. The van der Waals surface area contributed by atoms with Crippen molar-refractivity contribution in [3.05, 3.63) is 29.8 Å². The molecule has 1 N–H and O–H groups in total. The van der Waals surface area contributed by atoms with Crippen molar-refractivity contribution < 1.29 is 19.4 Å². The molecular formula is C16H21NO4. The summed E-state index contributed by atoms with van der Waals surface area (Å²) in [6.45, 7) is 3.95. The Balaban J connectivity index is 2.40. The minimum Gasteiger partial charge on any atom is -0.497 e. The van der Waals surface area contributed by atoms with Crippen molar-refractivity contribution in [3.8, 4) is 5.75 Å². The summed E-state index contributed by atoms with van der Waals surface area (Å²) in [5, 5.41) is 9.43. The number of benzene rings is 1. The molecule has 5 heteroatoms. The molecule has 0 radical (unpaired) electrons. The maximum absolute atomic E-state index is 12.2. The van der Waals surface area contributed by atoms with Gasteiger partial charge in [0, 0.05) is 12.5 Å². The Morgan fingerprint density at radius 2 is 2.05 bits per heavy atom. The van der Waals surface area contributed by atoms with Gasteiger partial charge in [-0.05, 0) is 31.0 Å². The minimum absolute atomic E-state index is 0.0222. The van der Waals surface area contributed by atoms with E-state index in [0.717, 1.165) is 12.0 Å². The second kappa shape index (κ2) is 6.16. The lowest BCUT2D eigenvalue weighted by molar-refractivity contribution is -0.142. The summed E-state index contributed by atoms with van der Waals surface area (Å²) >= 11 is 0. The van der Waals surface area contributed by atoms with Crippen LogP contribution in [0.3, 0.4) is 0 Å². The van der Waals surface area contributed by atoms with Crippen LogP contribution in [0.4, 0.5) is 0 Å². The topological polar surface area (TPSA) is 66.8 Å². The first-order valence-corrected chi connectivity index (χ1v) is 7.17. The number of carboxylic acids is 1. The zero-order valence-electron chi connectivity index (χ0n) is 12.6. The highest BCUT2D eigenvalue weighted by atomic mass is 16.5. The minimum atomic E-state index is -0.921. The summed E-state index contributed by atoms with van der Waals surface area (Å²) in [7, 11) is 1.58. The zero-order chi connectivity index (χ0) is 15.6. The molecule has 1 saturated heterocycles. The van der Waals surface area contributed by atoms with Crippen molar-refractivity contribution >= 4 is 11.9 Å². The lowest BCUT2D eigenvalue weighted by Crippen LogP contribution is -2.37. The van der Waals surface area contributed by atoms with Gasteiger partial charge in [-0.3, -0.25) is 9.59 Å². The molecule has 114 valence electrons. The Morgan fingerprint density at radius 3 is 2.52 bits per heavy atom. The molecule has 0 unspecified atom stereocenters. The number of aliphatic carboxylic acids is 1. The van der Waals surface area contributed by atoms with Crippen LogP contribution in [-0.2, 0) is 9.59 Å². The number of carboxylic acid groups (broad SMARTS) is 1. The highest BCUT2D eigenvalue weighted by Gasteiger charge is 2.46. The molecule has 3 atom stereocenters. The molecule has 1 heterocycles. The molecular weight excluding hydrogens is 270 g/mol. The summed E-state index contributed by atoms with van der Waals surface area (Å²) in [6.07, 6.45) is 0.862. The first-order chi connectivity index (χ1) is 9.99. The van der Waals surface area contributed by atoms with Crippen molar-refractivity contribution in [1.82, 2.24) is 4.90 Å². The van der Waals surface area contributed by atoms with Gasteiger partial charge >= 0.3 is 5.97 Å². The molecule has 1 aliphatic heterocycles. The summed E-state index contributed by atoms with van der Waals surface area (Å²) in [6, 6.07) is 6.89. The first-order valence-electron chi connectivity index (χ1n) is 7.17. The standard InChI is InChI=1S/C16H21NO4/c1-4-10(2)17-14(18)9-13(16(19)20)15(17)11-5-7-12(21-3)8-6-11/h5-8,10,13,15H,4,9H2,1-3H3,(H,19,20)/t10-,13+,15-/m0/s1. The number of hydrogen-bond donors (Lipinski definition) is 1. The van der Waals surface area contributed by atoms with Crippen molar-refractivity contribution in [2.24, 2.45) is 5.92 Å². The smallest absolute Gasteiger partial charge is 0.309 e. The highest BCUT2D eigenvalue weighted by Crippen LogP contribution is 2.40. The SMILES string of the molecule is CC[C@H](C)N1C(=O)C[C@@H](C(=O)O)[C@@H]1c1ccc(OC)cc1. The normalized spacial score (nSPS) is 23.2. The van der Waals surface area contributed by atoms with Crippen LogP contribution < -0.4 is 4.74 Å². The van der Waals surface area contributed by atoms with Gasteiger partial charge in [-0.25, -0.2) is 0 Å². The molecule has 0 bridgehead atoms. The summed E-state index contributed by atoms with van der Waals surface area (Å²) < 4.78 is 5.13. The third kappa shape index (κ3) is 2.86. The number of carbonyl (C=O) groups is 2. The van der Waals surface area contributed by atoms with Crippen molar-refractivity contribution in [1.29, 1.82) is 0 Å². The van der Waals surface area contributed by atoms with Crippen LogP contribution >= 0.6 is 0 Å². The van der Waals surface area contributed by atoms with Gasteiger partial charge in [0.1, 0.15) is 5.75 Å². The average Bonchev–Trinajstić information content (AvgIpc) is 2.84. The number of nitrogens with zero attached hydrogens (tertiary/aromatic N) is 1. The van der Waals surface area contributed by atoms with Crippen molar-refractivity contribution in [3.63, 3.8) is 0 Å². The van der Waals surface area contributed by atoms with E-state index in [1.807, 2.05) is 26.0 Å². The van der Waals surface area contributed by atoms with Crippen LogP contribution in [0, 0.1) is 5.92 Å². The molecule has 0 aromatic heterocycles. The number of carbonyl (C=O) groups excluding carboxylic acids is 1. The molecule has 0 spiro atoms. The molecule has 21 heavy (non-hydrogen) atoms. The molecule has 1 fully saturated rings. The van der Waals surface area contributed by atoms with Crippen molar-refractivity contribution in [2.75, 3.05) is 7.11 Å². The Bertz CT molecular complexity index is 526. The Labute approximate surface area is 124 Å². The van der Waals surface area contributed by atoms with Gasteiger partial charge < -0.3 is 14.7 Å². The van der Waals surface area contributed by atoms with Gasteiger partial charge in [-0.15, -0.1) is 0 Å². The van der Waals surface area contributed by atoms with E-state index < -0.39 is 17.9 Å². The molecule has 5 nitrogen and oxygen atoms in total. The third-order valence-corrected chi connectivity index (χ3v) is 4.20. The second-order valence-electron chi connectivity index (χ2n) is 5.43. The van der Waals surface area contributed by atoms with Gasteiger partial charge in [-0.1, -0.05) is 19.1 Å². The van der Waals surface area contributed by atoms with E-state index in [0.29, 0.717) is 5.75 Å². The van der Waals surface area contributed by atoms with Gasteiger partial charge in [0.25, 0.3) is 0 Å². The predicted octanol–water partition coefficient (Wildman–Crippen LogP) is 2.47. The summed E-state index contributed by atoms with van der Waals surface area (Å²) in [5.74, 6) is -0.988. The number of rotatable bonds is 5. The summed E-state index contributed by atoms with van der Waals surface area (Å²) in [4.78, 5) is 25.5. The fourth-order valence-corrected chi connectivity index (χ4v) is 2.89. The van der Waals surface area contributed by atoms with Crippen LogP contribution in [0.25, 0.3) is 0 Å². The fraction of sp³-hybridized carbons (Fsp3) is 0.500. The van der Waals surface area contributed by atoms with Gasteiger partial charge in [-0.2, -0.15) is 0 Å². The Kier molecular flexibility index (Phi) is 4.50. The highest BCUT2D eigenvalue weighted by molar-refractivity contribution is 5.87. The number of ether oxygens (including phenoxy) is 1. The maximum Gasteiger partial charge on any atom is 0.309 e. The molecule has 2 rings (SSSR count). The third-order valence-electron chi connectivity index (χ3n) is 4.20. The van der Waals surface area contributed by atoms with Crippen LogP contribution in [-0.4, -0.2) is 35.0 Å². The fourth-order valence-electron chi connectivity index (χ4n) is 2.89. The van der Waals surface area contributed by atoms with Crippen LogP contribution in [0.5, 0.6) is 5.75 Å². The molecule has 0 aliphatic carbocycles. The van der Waals surface area contributed by atoms with Crippen LogP contribution in [0.15, 0.2) is 24.3 Å². The lowest BCUT2D eigenvalue weighted by atomic mass is 9.93. The molecule has 1 aromatic rings. The van der Waals surface area contributed by atoms with Crippen LogP contribution in [0.2, 0.25) is 0 Å². The number of likely N-dealkylation sites (tertiary alicyclic amines) is 1. The Hall–Kier alpha value is -2.04. The maximum atomic E-state index is 12.2. The molecule has 1 aromatic carbocycles. The van der Waals surface area contributed by atoms with Crippen molar-refractivity contribution in [2.45, 2.75) is 38.8 Å². The van der Waals surface area contributed by atoms with Gasteiger partial charge in [0.15, 0.2) is 0 Å². The quantitative estimate of drug-likeness (QED) is 0.905. The van der Waals surface area contributed by atoms with E-state index in [1.165, 1.54) is 0 Å². The largest absolute Gasteiger partial charge is 0.497 e. The van der Waals surface area contributed by atoms with Gasteiger partial charge in [0.05, 0.1) is 19.1 Å². The van der Waals surface area contributed by atoms with E-state index >= 15 is 0 Å². The predicted molar refractivity (Wildman–Crippen MR) is 78.1 cm³/mol. The summed E-state index contributed by atoms with van der Waals surface area (Å²) in [5.41, 5.74) is 0.842. The Morgan fingerprint density at radius 1 is 1.43 bits per heavy atom. The first kappa shape index (κ1) is 15.4. The van der Waals surface area contributed by atoms with E-state index in [4.69, 9.17) is 4.74 Å². The van der Waals surface area contributed by atoms with Crippen LogP contribution in [0.1, 0.15) is 38.3 Å². The molecule has 0 saturated carbocycles. The number of hydrogen-bond acceptors (Lipinski definition) is 3. The molecule has 1 aliphatic rings. The van der Waals surface area contributed by atoms with E-state index in [2.05, 4.69) is 0 Å². The van der Waals surface area contributed by atoms with E-state index in [1.54, 1.807) is 24.1 Å². The van der Waals surface area contributed by atoms with E-state index in [-0.39, 0.29) is 18.4 Å². The number of amides is 1. The monoisotopic (exact) mass is 291 g/mol. The molecule has 1 amide bonds.